The van der Waals surface area contributed by atoms with E-state index in [9.17, 15) is 13.6 Å². The lowest BCUT2D eigenvalue weighted by atomic mass is 10.1. The molecule has 0 atom stereocenters. The Bertz CT molecular complexity index is 1330. The molecule has 0 fully saturated rings. The number of pyridine rings is 1. The Kier molecular flexibility index (Phi) is 5.24. The molecule has 0 saturated carbocycles. The molecule has 4 rings (SSSR count). The average Bonchev–Trinajstić information content (AvgIpc) is 3.17. The van der Waals surface area contributed by atoms with Gasteiger partial charge in [0.15, 0.2) is 11.5 Å². The minimum atomic E-state index is -0.721. The Morgan fingerprint density at radius 2 is 2.06 bits per heavy atom. The molecule has 1 N–H and O–H groups in total. The highest BCUT2D eigenvalue weighted by Crippen LogP contribution is 2.24. The van der Waals surface area contributed by atoms with Crippen LogP contribution in [0, 0.1) is 11.6 Å². The highest BCUT2D eigenvalue weighted by Gasteiger charge is 2.18. The number of fused-ring (bicyclic) bond motifs is 2. The fourth-order valence-corrected chi connectivity index (χ4v) is 3.13. The van der Waals surface area contributed by atoms with Gasteiger partial charge in [0, 0.05) is 43.7 Å². The van der Waals surface area contributed by atoms with Crippen molar-refractivity contribution >= 4 is 28.3 Å². The van der Waals surface area contributed by atoms with E-state index < -0.39 is 11.6 Å². The van der Waals surface area contributed by atoms with Gasteiger partial charge in [-0.05, 0) is 31.2 Å². The van der Waals surface area contributed by atoms with Gasteiger partial charge in [-0.2, -0.15) is 14.7 Å². The van der Waals surface area contributed by atoms with Crippen molar-refractivity contribution in [3.8, 4) is 0 Å². The SMILES string of the molecule is CNC(=O)N(C)/N=C(\C)c1ccc2nnc(Cc3c(F)cc4ncccc4c3F)n2n1. The quantitative estimate of drug-likeness (QED) is 0.401. The second-order valence-electron chi connectivity index (χ2n) is 6.77. The number of hydrazone groups is 1. The molecule has 0 aliphatic rings. The molecule has 3 heterocycles. The monoisotopic (exact) mass is 424 g/mol. The van der Waals surface area contributed by atoms with Gasteiger partial charge in [-0.3, -0.25) is 4.98 Å². The van der Waals surface area contributed by atoms with Crippen LogP contribution in [0.2, 0.25) is 0 Å². The fourth-order valence-electron chi connectivity index (χ4n) is 3.13. The number of benzene rings is 1. The zero-order valence-corrected chi connectivity index (χ0v) is 17.0. The smallest absolute Gasteiger partial charge is 0.337 e. The third-order valence-corrected chi connectivity index (χ3v) is 4.73. The molecule has 0 spiro atoms. The molecule has 1 aromatic carbocycles. The molecule has 0 bridgehead atoms. The summed E-state index contributed by atoms with van der Waals surface area (Å²) in [5.41, 5.74) is 1.41. The summed E-state index contributed by atoms with van der Waals surface area (Å²) in [6.45, 7) is 1.69. The molecule has 0 aliphatic heterocycles. The van der Waals surface area contributed by atoms with Gasteiger partial charge in [-0.25, -0.2) is 18.6 Å². The number of hydrogen-bond acceptors (Lipinski definition) is 6. The lowest BCUT2D eigenvalue weighted by Gasteiger charge is -2.11. The Morgan fingerprint density at radius 1 is 1.26 bits per heavy atom. The number of urea groups is 1. The number of carbonyl (C=O) groups excluding carboxylic acids is 1. The summed E-state index contributed by atoms with van der Waals surface area (Å²) in [6, 6.07) is 7.28. The van der Waals surface area contributed by atoms with Crippen molar-refractivity contribution in [1.82, 2.24) is 35.1 Å². The summed E-state index contributed by atoms with van der Waals surface area (Å²) in [6.07, 6.45) is 1.32. The highest BCUT2D eigenvalue weighted by atomic mass is 19.1. The number of carbonyl (C=O) groups is 1. The van der Waals surface area contributed by atoms with Crippen LogP contribution in [0.3, 0.4) is 0 Å². The second-order valence-corrected chi connectivity index (χ2v) is 6.77. The molecule has 0 saturated heterocycles. The third kappa shape index (κ3) is 3.77. The predicted octanol–water partition coefficient (Wildman–Crippen LogP) is 2.54. The van der Waals surface area contributed by atoms with E-state index in [1.54, 1.807) is 31.2 Å². The first-order valence-corrected chi connectivity index (χ1v) is 9.33. The molecule has 2 amide bonds. The van der Waals surface area contributed by atoms with E-state index in [2.05, 4.69) is 30.7 Å². The Morgan fingerprint density at radius 3 is 2.84 bits per heavy atom. The maximum atomic E-state index is 15.0. The van der Waals surface area contributed by atoms with Crippen molar-refractivity contribution in [2.45, 2.75) is 13.3 Å². The van der Waals surface area contributed by atoms with Crippen LogP contribution in [-0.4, -0.2) is 55.6 Å². The van der Waals surface area contributed by atoms with E-state index in [0.29, 0.717) is 17.1 Å². The first-order chi connectivity index (χ1) is 14.9. The molecule has 0 radical (unpaired) electrons. The highest BCUT2D eigenvalue weighted by molar-refractivity contribution is 5.97. The minimum Gasteiger partial charge on any atom is -0.340 e. The summed E-state index contributed by atoms with van der Waals surface area (Å²) in [4.78, 5) is 15.6. The van der Waals surface area contributed by atoms with Crippen LogP contribution in [0.25, 0.3) is 16.6 Å². The van der Waals surface area contributed by atoms with Gasteiger partial charge < -0.3 is 5.32 Å². The summed E-state index contributed by atoms with van der Waals surface area (Å²) >= 11 is 0. The van der Waals surface area contributed by atoms with E-state index in [-0.39, 0.29) is 34.7 Å². The normalized spacial score (nSPS) is 11.8. The van der Waals surface area contributed by atoms with Crippen molar-refractivity contribution in [3.05, 3.63) is 65.2 Å². The Balaban J connectivity index is 1.73. The summed E-state index contributed by atoms with van der Waals surface area (Å²) in [5, 5.41) is 20.5. The number of aromatic nitrogens is 5. The van der Waals surface area contributed by atoms with Gasteiger partial charge >= 0.3 is 6.03 Å². The molecule has 158 valence electrons. The first-order valence-electron chi connectivity index (χ1n) is 9.33. The van der Waals surface area contributed by atoms with Gasteiger partial charge in [0.25, 0.3) is 0 Å². The van der Waals surface area contributed by atoms with Crippen molar-refractivity contribution in [2.24, 2.45) is 5.10 Å². The molecular weight excluding hydrogens is 406 g/mol. The van der Waals surface area contributed by atoms with Gasteiger partial charge in [0.1, 0.15) is 17.3 Å². The molecular formula is C20H18F2N8O. The number of hydrogen-bond donors (Lipinski definition) is 1. The number of rotatable bonds is 4. The number of nitrogens with one attached hydrogen (secondary N) is 1. The van der Waals surface area contributed by atoms with E-state index in [0.717, 1.165) is 5.01 Å². The third-order valence-electron chi connectivity index (χ3n) is 4.73. The molecule has 9 nitrogen and oxygen atoms in total. The number of halogens is 2. The summed E-state index contributed by atoms with van der Waals surface area (Å²) in [5.74, 6) is -1.16. The van der Waals surface area contributed by atoms with Gasteiger partial charge in [0.05, 0.1) is 11.2 Å². The lowest BCUT2D eigenvalue weighted by molar-refractivity contribution is 0.213. The van der Waals surface area contributed by atoms with E-state index in [4.69, 9.17) is 0 Å². The van der Waals surface area contributed by atoms with Crippen molar-refractivity contribution < 1.29 is 13.6 Å². The summed E-state index contributed by atoms with van der Waals surface area (Å²) < 4.78 is 31.0. The molecule has 4 aromatic rings. The summed E-state index contributed by atoms with van der Waals surface area (Å²) in [7, 11) is 3.00. The van der Waals surface area contributed by atoms with Crippen LogP contribution in [0.1, 0.15) is 24.0 Å². The fraction of sp³-hybridized carbons (Fsp3) is 0.200. The van der Waals surface area contributed by atoms with Gasteiger partial charge in [-0.1, -0.05) is 0 Å². The van der Waals surface area contributed by atoms with E-state index in [1.807, 2.05) is 0 Å². The Labute approximate surface area is 175 Å². The van der Waals surface area contributed by atoms with Crippen LogP contribution in [0.4, 0.5) is 13.6 Å². The standard InChI is InChI=1S/C20H18F2N8O/c1-11(27-29(3)20(31)23-2)15-6-7-17-25-26-18(30(17)28-15)9-13-14(21)10-16-12(19(13)22)5-4-8-24-16/h4-8,10H,9H2,1-3H3,(H,23,31)/b27-11+. The van der Waals surface area contributed by atoms with E-state index in [1.165, 1.54) is 30.9 Å². The van der Waals surface area contributed by atoms with Crippen molar-refractivity contribution in [3.63, 3.8) is 0 Å². The van der Waals surface area contributed by atoms with Crippen LogP contribution >= 0.6 is 0 Å². The largest absolute Gasteiger partial charge is 0.340 e. The lowest BCUT2D eigenvalue weighted by Crippen LogP contribution is -2.31. The number of amides is 2. The van der Waals surface area contributed by atoms with Crippen molar-refractivity contribution in [2.75, 3.05) is 14.1 Å². The molecule has 3 aromatic heterocycles. The van der Waals surface area contributed by atoms with Gasteiger partial charge in [-0.15, -0.1) is 10.2 Å². The average molecular weight is 424 g/mol. The zero-order chi connectivity index (χ0) is 22.1. The topological polar surface area (TPSA) is 101 Å². The minimum absolute atomic E-state index is 0.147. The maximum absolute atomic E-state index is 15.0. The van der Waals surface area contributed by atoms with E-state index >= 15 is 0 Å². The molecule has 31 heavy (non-hydrogen) atoms. The van der Waals surface area contributed by atoms with Crippen LogP contribution in [0.5, 0.6) is 0 Å². The molecule has 11 heteroatoms. The molecule has 0 unspecified atom stereocenters. The first kappa shape index (κ1) is 20.3. The van der Waals surface area contributed by atoms with Crippen molar-refractivity contribution in [1.29, 1.82) is 0 Å². The Hall–Kier alpha value is -4.02. The predicted molar refractivity (Wildman–Crippen MR) is 110 cm³/mol. The van der Waals surface area contributed by atoms with Crippen LogP contribution in [-0.2, 0) is 6.42 Å². The zero-order valence-electron chi connectivity index (χ0n) is 17.0. The maximum Gasteiger partial charge on any atom is 0.337 e. The molecule has 0 aliphatic carbocycles. The van der Waals surface area contributed by atoms with Crippen LogP contribution < -0.4 is 5.32 Å². The van der Waals surface area contributed by atoms with Gasteiger partial charge in [0.2, 0.25) is 0 Å². The second kappa shape index (κ2) is 8.01. The number of nitrogens with zero attached hydrogens (tertiary/aromatic N) is 7. The van der Waals surface area contributed by atoms with Crippen LogP contribution in [0.15, 0.2) is 41.6 Å².